The summed E-state index contributed by atoms with van der Waals surface area (Å²) in [7, 11) is 0. The largest absolute Gasteiger partial charge is 0.481 e. The first-order chi connectivity index (χ1) is 8.68. The Morgan fingerprint density at radius 2 is 2.11 bits per heavy atom. The van der Waals surface area contributed by atoms with E-state index in [0.717, 1.165) is 4.88 Å². The van der Waals surface area contributed by atoms with Crippen molar-refractivity contribution in [2.45, 2.75) is 12.3 Å². The van der Waals surface area contributed by atoms with Crippen molar-refractivity contribution in [3.05, 3.63) is 52.5 Å². The molecule has 2 aromatic rings. The van der Waals surface area contributed by atoms with Crippen molar-refractivity contribution in [3.8, 4) is 0 Å². The molecule has 0 aliphatic heterocycles. The lowest BCUT2D eigenvalue weighted by molar-refractivity contribution is -0.137. The summed E-state index contributed by atoms with van der Waals surface area (Å²) in [6, 6.07) is 8.62. The molecular weight excluding hydrogens is 250 g/mol. The number of carboxylic acid groups (broad SMARTS) is 1. The molecular formula is C13H11NO3S. The standard InChI is InChI=1S/C13H11NO3S/c15-12(16)8-9(11-5-3-7-18-11)13(17)10-4-1-2-6-14-10/h1-7,9H,8H2,(H,15,16). The van der Waals surface area contributed by atoms with Crippen LogP contribution in [-0.2, 0) is 4.79 Å². The van der Waals surface area contributed by atoms with Gasteiger partial charge in [-0.1, -0.05) is 12.1 Å². The molecule has 1 unspecified atom stereocenters. The maximum atomic E-state index is 12.3. The number of carbonyl (C=O) groups is 2. The molecule has 0 saturated carbocycles. The molecule has 5 heteroatoms. The third-order valence-corrected chi connectivity index (χ3v) is 3.49. The van der Waals surface area contributed by atoms with Crippen molar-refractivity contribution in [1.29, 1.82) is 0 Å². The van der Waals surface area contributed by atoms with Gasteiger partial charge in [0.25, 0.3) is 0 Å². The molecule has 1 N–H and O–H groups in total. The van der Waals surface area contributed by atoms with Crippen LogP contribution in [0.4, 0.5) is 0 Å². The number of aliphatic carboxylic acids is 1. The third-order valence-electron chi connectivity index (χ3n) is 2.50. The summed E-state index contributed by atoms with van der Waals surface area (Å²) in [6.45, 7) is 0. The van der Waals surface area contributed by atoms with Crippen molar-refractivity contribution in [2.24, 2.45) is 0 Å². The van der Waals surface area contributed by atoms with Crippen molar-refractivity contribution < 1.29 is 14.7 Å². The Kier molecular flexibility index (Phi) is 3.84. The van der Waals surface area contributed by atoms with E-state index in [4.69, 9.17) is 5.11 Å². The van der Waals surface area contributed by atoms with Crippen molar-refractivity contribution in [2.75, 3.05) is 0 Å². The lowest BCUT2D eigenvalue weighted by atomic mass is 9.96. The monoisotopic (exact) mass is 261 g/mol. The Bertz CT molecular complexity index is 537. The number of thiophene rings is 1. The maximum Gasteiger partial charge on any atom is 0.304 e. The van der Waals surface area contributed by atoms with Crippen LogP contribution in [0.25, 0.3) is 0 Å². The zero-order valence-corrected chi connectivity index (χ0v) is 10.3. The Labute approximate surface area is 108 Å². The summed E-state index contributed by atoms with van der Waals surface area (Å²) in [5.74, 6) is -1.89. The van der Waals surface area contributed by atoms with Gasteiger partial charge in [-0.05, 0) is 23.6 Å². The van der Waals surface area contributed by atoms with Gasteiger partial charge in [-0.3, -0.25) is 14.6 Å². The summed E-state index contributed by atoms with van der Waals surface area (Å²) >= 11 is 1.38. The van der Waals surface area contributed by atoms with Crippen LogP contribution in [0.5, 0.6) is 0 Å². The molecule has 0 aromatic carbocycles. The van der Waals surface area contributed by atoms with E-state index in [1.54, 1.807) is 30.3 Å². The van der Waals surface area contributed by atoms with E-state index in [0.29, 0.717) is 5.69 Å². The molecule has 1 atom stereocenters. The molecule has 2 heterocycles. The van der Waals surface area contributed by atoms with Crippen molar-refractivity contribution in [3.63, 3.8) is 0 Å². The second kappa shape index (κ2) is 5.55. The van der Waals surface area contributed by atoms with E-state index in [9.17, 15) is 9.59 Å². The van der Waals surface area contributed by atoms with Gasteiger partial charge in [0, 0.05) is 11.1 Å². The van der Waals surface area contributed by atoms with Gasteiger partial charge in [0.2, 0.25) is 0 Å². The number of hydrogen-bond donors (Lipinski definition) is 1. The van der Waals surface area contributed by atoms with Crippen LogP contribution < -0.4 is 0 Å². The highest BCUT2D eigenvalue weighted by atomic mass is 32.1. The molecule has 2 aromatic heterocycles. The second-order valence-corrected chi connectivity index (χ2v) is 4.72. The molecule has 92 valence electrons. The highest BCUT2D eigenvalue weighted by Crippen LogP contribution is 2.27. The quantitative estimate of drug-likeness (QED) is 0.840. The molecule has 0 radical (unpaired) electrons. The van der Waals surface area contributed by atoms with Gasteiger partial charge in [0.05, 0.1) is 12.3 Å². The summed E-state index contributed by atoms with van der Waals surface area (Å²) in [5.41, 5.74) is 0.303. The van der Waals surface area contributed by atoms with Gasteiger partial charge >= 0.3 is 5.97 Å². The normalized spacial score (nSPS) is 12.0. The molecule has 18 heavy (non-hydrogen) atoms. The average Bonchev–Trinajstić information content (AvgIpc) is 2.89. The molecule has 4 nitrogen and oxygen atoms in total. The molecule has 0 fully saturated rings. The highest BCUT2D eigenvalue weighted by Gasteiger charge is 2.26. The molecule has 0 spiro atoms. The van der Waals surface area contributed by atoms with Gasteiger partial charge in [-0.2, -0.15) is 0 Å². The Morgan fingerprint density at radius 3 is 2.67 bits per heavy atom. The van der Waals surface area contributed by atoms with Gasteiger partial charge in [0.1, 0.15) is 5.69 Å². The number of hydrogen-bond acceptors (Lipinski definition) is 4. The zero-order valence-electron chi connectivity index (χ0n) is 9.45. The summed E-state index contributed by atoms with van der Waals surface area (Å²) in [4.78, 5) is 27.9. The molecule has 0 aliphatic rings. The second-order valence-electron chi connectivity index (χ2n) is 3.75. The number of pyridine rings is 1. The van der Waals surface area contributed by atoms with Crippen LogP contribution in [-0.4, -0.2) is 21.8 Å². The lowest BCUT2D eigenvalue weighted by Gasteiger charge is -2.11. The molecule has 0 aliphatic carbocycles. The van der Waals surface area contributed by atoms with Crippen molar-refractivity contribution in [1.82, 2.24) is 4.98 Å². The molecule has 0 amide bonds. The average molecular weight is 261 g/mol. The van der Waals surface area contributed by atoms with Crippen LogP contribution in [0.3, 0.4) is 0 Å². The number of carbonyl (C=O) groups excluding carboxylic acids is 1. The maximum absolute atomic E-state index is 12.3. The fourth-order valence-electron chi connectivity index (χ4n) is 1.67. The van der Waals surface area contributed by atoms with E-state index in [1.165, 1.54) is 17.5 Å². The minimum atomic E-state index is -0.988. The number of aromatic nitrogens is 1. The van der Waals surface area contributed by atoms with Gasteiger partial charge in [0.15, 0.2) is 5.78 Å². The summed E-state index contributed by atoms with van der Waals surface area (Å²) in [6.07, 6.45) is 1.31. The summed E-state index contributed by atoms with van der Waals surface area (Å²) < 4.78 is 0. The van der Waals surface area contributed by atoms with Gasteiger partial charge in [-0.25, -0.2) is 0 Å². The fourth-order valence-corrected chi connectivity index (χ4v) is 2.50. The fraction of sp³-hybridized carbons (Fsp3) is 0.154. The Morgan fingerprint density at radius 1 is 1.28 bits per heavy atom. The Balaban J connectivity index is 2.30. The predicted molar refractivity (Wildman–Crippen MR) is 67.9 cm³/mol. The van der Waals surface area contributed by atoms with Crippen LogP contribution in [0.2, 0.25) is 0 Å². The van der Waals surface area contributed by atoms with Crippen LogP contribution >= 0.6 is 11.3 Å². The number of carboxylic acids is 1. The minimum Gasteiger partial charge on any atom is -0.481 e. The summed E-state index contributed by atoms with van der Waals surface area (Å²) in [5, 5.41) is 10.7. The van der Waals surface area contributed by atoms with Crippen LogP contribution in [0.1, 0.15) is 27.7 Å². The first kappa shape index (κ1) is 12.4. The van der Waals surface area contributed by atoms with E-state index >= 15 is 0 Å². The molecule has 0 bridgehead atoms. The lowest BCUT2D eigenvalue weighted by Crippen LogP contribution is -2.17. The first-order valence-corrected chi connectivity index (χ1v) is 6.27. The molecule has 0 saturated heterocycles. The smallest absolute Gasteiger partial charge is 0.304 e. The SMILES string of the molecule is O=C(O)CC(C(=O)c1ccccn1)c1cccs1. The van der Waals surface area contributed by atoms with Gasteiger partial charge in [-0.15, -0.1) is 11.3 Å². The number of ketones is 1. The number of rotatable bonds is 5. The van der Waals surface area contributed by atoms with E-state index < -0.39 is 11.9 Å². The third kappa shape index (κ3) is 2.81. The number of Topliss-reactive ketones (excluding diaryl/α,β-unsaturated/α-hetero) is 1. The van der Waals surface area contributed by atoms with Gasteiger partial charge < -0.3 is 5.11 Å². The van der Waals surface area contributed by atoms with Crippen molar-refractivity contribution >= 4 is 23.1 Å². The Hall–Kier alpha value is -2.01. The van der Waals surface area contributed by atoms with E-state index in [2.05, 4.69) is 4.98 Å². The van der Waals surface area contributed by atoms with E-state index in [-0.39, 0.29) is 12.2 Å². The first-order valence-electron chi connectivity index (χ1n) is 5.39. The topological polar surface area (TPSA) is 67.3 Å². The highest BCUT2D eigenvalue weighted by molar-refractivity contribution is 7.10. The van der Waals surface area contributed by atoms with Crippen LogP contribution in [0, 0.1) is 0 Å². The molecule has 2 rings (SSSR count). The zero-order chi connectivity index (χ0) is 13.0. The minimum absolute atomic E-state index is 0.212. The predicted octanol–water partition coefficient (Wildman–Crippen LogP) is 2.58. The number of nitrogens with zero attached hydrogens (tertiary/aromatic N) is 1. The van der Waals surface area contributed by atoms with Crippen LogP contribution in [0.15, 0.2) is 41.9 Å². The van der Waals surface area contributed by atoms with E-state index in [1.807, 2.05) is 5.38 Å².